The van der Waals surface area contributed by atoms with Gasteiger partial charge >= 0.3 is 6.36 Å². The first-order chi connectivity index (χ1) is 19.6. The highest BCUT2D eigenvalue weighted by Gasteiger charge is 2.31. The number of alkyl halides is 3. The minimum absolute atomic E-state index is 0.230. The van der Waals surface area contributed by atoms with Gasteiger partial charge in [-0.3, -0.25) is 15.2 Å². The van der Waals surface area contributed by atoms with E-state index in [1.807, 2.05) is 30.1 Å². The second kappa shape index (κ2) is 15.2. The standard InChI is InChI=1S/C15H17F3N4O.C12H15NOS.C3H8/c1-19-11-3-2-10(8-11)14-20-9-22(21-14)12-4-6-13(7-5-12)23-15(16,17)18;1-9(2)10-5-3-4-6-11(10)13-8-15-7-12(13)14;1-3-2/h4-8,11,19H,2-3,9H2,1H3,(H,20,21);3-6,9H,7-8H2,1-2H3;3H2,1-2H3. The van der Waals surface area contributed by atoms with Gasteiger partial charge in [-0.2, -0.15) is 0 Å². The number of nitrogens with one attached hydrogen (secondary N) is 2. The number of amides is 1. The number of hydrazine groups is 1. The monoisotopic (exact) mass is 591 g/mol. The average molecular weight is 592 g/mol. The minimum Gasteiger partial charge on any atom is -0.406 e. The molecule has 3 aliphatic rings. The summed E-state index contributed by atoms with van der Waals surface area (Å²) in [5.74, 6) is 2.68. The lowest BCUT2D eigenvalue weighted by Gasteiger charge is -2.20. The van der Waals surface area contributed by atoms with Crippen molar-refractivity contribution in [3.05, 3.63) is 65.7 Å². The summed E-state index contributed by atoms with van der Waals surface area (Å²) in [5, 5.41) is 4.98. The lowest BCUT2D eigenvalue weighted by atomic mass is 10.0. The van der Waals surface area contributed by atoms with Gasteiger partial charge in [0.1, 0.15) is 18.3 Å². The van der Waals surface area contributed by atoms with Crippen LogP contribution in [-0.2, 0) is 4.79 Å². The predicted octanol–water partition coefficient (Wildman–Crippen LogP) is 6.84. The molecule has 1 unspecified atom stereocenters. The van der Waals surface area contributed by atoms with Crippen molar-refractivity contribution in [2.75, 3.05) is 35.3 Å². The Labute approximate surface area is 245 Å². The van der Waals surface area contributed by atoms with Crippen LogP contribution in [0.4, 0.5) is 24.5 Å². The molecule has 0 radical (unpaired) electrons. The number of hydrogen-bond donors (Lipinski definition) is 2. The van der Waals surface area contributed by atoms with Crippen molar-refractivity contribution >= 4 is 34.9 Å². The van der Waals surface area contributed by atoms with Gasteiger partial charge in [-0.05, 0) is 67.3 Å². The van der Waals surface area contributed by atoms with Crippen LogP contribution in [0.5, 0.6) is 5.75 Å². The minimum atomic E-state index is -4.68. The number of aliphatic imine (C=N–C) groups is 1. The largest absolute Gasteiger partial charge is 0.573 e. The van der Waals surface area contributed by atoms with Crippen molar-refractivity contribution in [1.29, 1.82) is 0 Å². The van der Waals surface area contributed by atoms with Crippen LogP contribution in [0.15, 0.2) is 65.2 Å². The molecule has 0 spiro atoms. The fourth-order valence-electron chi connectivity index (χ4n) is 4.43. The predicted molar refractivity (Wildman–Crippen MR) is 163 cm³/mol. The number of benzene rings is 2. The molecule has 41 heavy (non-hydrogen) atoms. The molecule has 7 nitrogen and oxygen atoms in total. The molecule has 1 amide bonds. The molecule has 2 N–H and O–H groups in total. The van der Waals surface area contributed by atoms with Crippen LogP contribution in [0.1, 0.15) is 58.4 Å². The van der Waals surface area contributed by atoms with Gasteiger partial charge in [0, 0.05) is 11.7 Å². The van der Waals surface area contributed by atoms with Crippen LogP contribution in [0, 0.1) is 0 Å². The number of anilines is 2. The number of nitrogens with zero attached hydrogens (tertiary/aromatic N) is 3. The van der Waals surface area contributed by atoms with Gasteiger partial charge in [0.05, 0.1) is 17.3 Å². The number of amidine groups is 1. The fourth-order valence-corrected chi connectivity index (χ4v) is 5.32. The Hall–Kier alpha value is -3.18. The average Bonchev–Trinajstić information content (AvgIpc) is 3.70. The van der Waals surface area contributed by atoms with Crippen molar-refractivity contribution in [3.63, 3.8) is 0 Å². The van der Waals surface area contributed by atoms with Crippen molar-refractivity contribution in [2.45, 2.75) is 65.3 Å². The Bertz CT molecular complexity index is 1200. The van der Waals surface area contributed by atoms with Gasteiger partial charge in [0.2, 0.25) is 5.91 Å². The molecular weight excluding hydrogens is 551 g/mol. The molecule has 1 atom stereocenters. The van der Waals surface area contributed by atoms with Gasteiger partial charge < -0.3 is 15.0 Å². The first-order valence-electron chi connectivity index (χ1n) is 13.9. The number of ether oxygens (including phenoxy) is 1. The smallest absolute Gasteiger partial charge is 0.406 e. The summed E-state index contributed by atoms with van der Waals surface area (Å²) < 4.78 is 40.3. The van der Waals surface area contributed by atoms with Gasteiger partial charge in [-0.1, -0.05) is 58.4 Å². The van der Waals surface area contributed by atoms with Crippen molar-refractivity contribution in [1.82, 2.24) is 10.7 Å². The number of halogens is 3. The lowest BCUT2D eigenvalue weighted by molar-refractivity contribution is -0.274. The third-order valence-electron chi connectivity index (χ3n) is 6.39. The number of thioether (sulfide) groups is 1. The Balaban J connectivity index is 0.000000221. The van der Waals surface area contributed by atoms with E-state index in [-0.39, 0.29) is 11.7 Å². The molecule has 2 aliphatic heterocycles. The maximum atomic E-state index is 12.2. The maximum absolute atomic E-state index is 12.2. The number of rotatable bonds is 6. The van der Waals surface area contributed by atoms with Crippen LogP contribution in [0.25, 0.3) is 0 Å². The maximum Gasteiger partial charge on any atom is 0.573 e. The first-order valence-corrected chi connectivity index (χ1v) is 15.0. The summed E-state index contributed by atoms with van der Waals surface area (Å²) in [6, 6.07) is 14.2. The van der Waals surface area contributed by atoms with E-state index < -0.39 is 6.36 Å². The normalized spacial score (nSPS) is 18.3. The Kier molecular flexibility index (Phi) is 12.0. The highest BCUT2D eigenvalue weighted by Crippen LogP contribution is 2.31. The van der Waals surface area contributed by atoms with Crippen LogP contribution in [0.3, 0.4) is 0 Å². The highest BCUT2D eigenvalue weighted by atomic mass is 32.2. The first kappa shape index (κ1) is 32.3. The molecule has 2 aromatic rings. The molecular formula is C30H40F3N5O2S. The van der Waals surface area contributed by atoms with E-state index in [2.05, 4.69) is 60.3 Å². The number of para-hydroxylation sites is 1. The van der Waals surface area contributed by atoms with Crippen molar-refractivity contribution < 1.29 is 22.7 Å². The fraction of sp³-hybridized carbons (Fsp3) is 0.467. The van der Waals surface area contributed by atoms with Crippen LogP contribution in [-0.4, -0.2) is 49.5 Å². The molecule has 0 saturated carbocycles. The van der Waals surface area contributed by atoms with Crippen LogP contribution < -0.4 is 25.4 Å². The zero-order chi connectivity index (χ0) is 30.0. The zero-order valence-electron chi connectivity index (χ0n) is 24.3. The Morgan fingerprint density at radius 1 is 1.15 bits per heavy atom. The zero-order valence-corrected chi connectivity index (χ0v) is 25.1. The summed E-state index contributed by atoms with van der Waals surface area (Å²) in [7, 11) is 1.92. The molecule has 11 heteroatoms. The van der Waals surface area contributed by atoms with Crippen LogP contribution >= 0.6 is 11.8 Å². The third-order valence-corrected chi connectivity index (χ3v) is 7.28. The molecule has 224 valence electrons. The molecule has 0 aromatic heterocycles. The molecule has 5 rings (SSSR count). The van der Waals surface area contributed by atoms with E-state index in [4.69, 9.17) is 0 Å². The van der Waals surface area contributed by atoms with E-state index in [1.165, 1.54) is 24.1 Å². The highest BCUT2D eigenvalue weighted by molar-refractivity contribution is 8.00. The van der Waals surface area contributed by atoms with Gasteiger partial charge in [0.15, 0.2) is 0 Å². The van der Waals surface area contributed by atoms with Crippen LogP contribution in [0.2, 0.25) is 0 Å². The topological polar surface area (TPSA) is 69.2 Å². The van der Waals surface area contributed by atoms with Crippen molar-refractivity contribution in [2.24, 2.45) is 4.99 Å². The SMILES string of the molecule is CC(C)c1ccccc1N1CSCC1=O.CCC.CNC1C=C(C2=NCN(c3ccc(OC(F)(F)F)cc3)N2)CC1. The summed E-state index contributed by atoms with van der Waals surface area (Å²) in [4.78, 5) is 18.0. The van der Waals surface area contributed by atoms with Gasteiger partial charge in [0.25, 0.3) is 0 Å². The molecule has 1 fully saturated rings. The number of likely N-dealkylation sites (N-methyl/N-ethyl adjacent to an activating group) is 1. The molecule has 1 saturated heterocycles. The molecule has 2 aromatic carbocycles. The van der Waals surface area contributed by atoms with E-state index >= 15 is 0 Å². The van der Waals surface area contributed by atoms with E-state index in [0.717, 1.165) is 41.5 Å². The summed E-state index contributed by atoms with van der Waals surface area (Å²) >= 11 is 1.68. The number of carbonyl (C=O) groups excluding carboxylic acids is 1. The molecule has 1 aliphatic carbocycles. The van der Waals surface area contributed by atoms with Crippen molar-refractivity contribution in [3.8, 4) is 5.75 Å². The number of carbonyl (C=O) groups is 1. The van der Waals surface area contributed by atoms with E-state index in [1.54, 1.807) is 28.9 Å². The molecule has 0 bridgehead atoms. The summed E-state index contributed by atoms with van der Waals surface area (Å²) in [5.41, 5.74) is 7.41. The van der Waals surface area contributed by atoms with Gasteiger partial charge in [-0.25, -0.2) is 4.99 Å². The van der Waals surface area contributed by atoms with E-state index in [9.17, 15) is 18.0 Å². The van der Waals surface area contributed by atoms with Gasteiger partial charge in [-0.15, -0.1) is 24.9 Å². The Morgan fingerprint density at radius 3 is 2.39 bits per heavy atom. The lowest BCUT2D eigenvalue weighted by Crippen LogP contribution is -2.36. The third kappa shape index (κ3) is 9.43. The summed E-state index contributed by atoms with van der Waals surface area (Å²) in [6.45, 7) is 8.98. The Morgan fingerprint density at radius 2 is 1.83 bits per heavy atom. The second-order valence-corrected chi connectivity index (χ2v) is 11.0. The summed E-state index contributed by atoms with van der Waals surface area (Å²) in [6.07, 6.45) is 0.706. The molecule has 2 heterocycles. The van der Waals surface area contributed by atoms with E-state index in [0.29, 0.717) is 24.4 Å². The number of hydrogen-bond acceptors (Lipinski definition) is 7. The second-order valence-electron chi connectivity index (χ2n) is 10.1. The quantitative estimate of drug-likeness (QED) is 0.384.